The van der Waals surface area contributed by atoms with Crippen LogP contribution in [0.2, 0.25) is 5.02 Å². The second-order valence-corrected chi connectivity index (χ2v) is 6.06. The van der Waals surface area contributed by atoms with E-state index in [1.807, 2.05) is 0 Å². The highest BCUT2D eigenvalue weighted by molar-refractivity contribution is 6.34. The smallest absolute Gasteiger partial charge is 0.323 e. The molecule has 1 aliphatic rings. The van der Waals surface area contributed by atoms with Crippen LogP contribution in [0.5, 0.6) is 0 Å². The summed E-state index contributed by atoms with van der Waals surface area (Å²) in [4.78, 5) is 37.1. The van der Waals surface area contributed by atoms with Gasteiger partial charge in [0.1, 0.15) is 0 Å². The Morgan fingerprint density at radius 2 is 1.78 bits per heavy atom. The number of esters is 2. The minimum atomic E-state index is -1.40. The summed E-state index contributed by atoms with van der Waals surface area (Å²) in [6.07, 6.45) is 1.62. The van der Waals surface area contributed by atoms with E-state index in [4.69, 9.17) is 21.1 Å². The Hall–Kier alpha value is -1.88. The van der Waals surface area contributed by atoms with E-state index in [0.29, 0.717) is 29.8 Å². The van der Waals surface area contributed by atoms with Gasteiger partial charge in [0, 0.05) is 12.0 Å². The van der Waals surface area contributed by atoms with Crippen LogP contribution in [0, 0.1) is 11.3 Å². The molecule has 0 spiro atoms. The van der Waals surface area contributed by atoms with Crippen molar-refractivity contribution >= 4 is 29.3 Å². The van der Waals surface area contributed by atoms with Crippen LogP contribution in [0.25, 0.3) is 0 Å². The number of carbonyl (C=O) groups excluding carboxylic acids is 3. The van der Waals surface area contributed by atoms with Crippen LogP contribution in [0.3, 0.4) is 0 Å². The van der Waals surface area contributed by atoms with Crippen LogP contribution in [0.4, 0.5) is 0 Å². The number of Topliss-reactive ketones (excluding diaryl/α,β-unsaturated/α-hetero) is 1. The SMILES string of the molecule is COC(=O)C1(C(=O)OC)CCC[C@H]1CC(=O)c1ccccc1Cl. The number of methoxy groups -OCH3 is 2. The molecule has 6 heteroatoms. The summed E-state index contributed by atoms with van der Waals surface area (Å²) in [7, 11) is 2.47. The molecule has 23 heavy (non-hydrogen) atoms. The summed E-state index contributed by atoms with van der Waals surface area (Å²) < 4.78 is 9.65. The highest BCUT2D eigenvalue weighted by Crippen LogP contribution is 2.47. The summed E-state index contributed by atoms with van der Waals surface area (Å²) in [5, 5.41) is 0.359. The molecule has 1 fully saturated rings. The Kier molecular flexibility index (Phi) is 5.42. The number of benzene rings is 1. The summed E-state index contributed by atoms with van der Waals surface area (Å²) in [5.74, 6) is -1.93. The van der Waals surface area contributed by atoms with E-state index in [9.17, 15) is 14.4 Å². The average Bonchev–Trinajstić information content (AvgIpc) is 2.98. The fourth-order valence-electron chi connectivity index (χ4n) is 3.36. The molecule has 0 N–H and O–H groups in total. The lowest BCUT2D eigenvalue weighted by atomic mass is 9.75. The van der Waals surface area contributed by atoms with Crippen LogP contribution >= 0.6 is 11.6 Å². The van der Waals surface area contributed by atoms with Gasteiger partial charge < -0.3 is 9.47 Å². The number of rotatable bonds is 5. The van der Waals surface area contributed by atoms with Crippen molar-refractivity contribution in [2.24, 2.45) is 11.3 Å². The third-order valence-electron chi connectivity index (χ3n) is 4.53. The molecule has 0 heterocycles. The van der Waals surface area contributed by atoms with Crippen molar-refractivity contribution in [2.45, 2.75) is 25.7 Å². The zero-order valence-electron chi connectivity index (χ0n) is 13.1. The molecule has 0 bridgehead atoms. The first kappa shape index (κ1) is 17.5. The maximum absolute atomic E-state index is 12.5. The maximum atomic E-state index is 12.5. The molecule has 1 aliphatic carbocycles. The van der Waals surface area contributed by atoms with E-state index >= 15 is 0 Å². The quantitative estimate of drug-likeness (QED) is 0.469. The normalized spacial score (nSPS) is 19.2. The zero-order chi connectivity index (χ0) is 17.0. The van der Waals surface area contributed by atoms with E-state index in [1.165, 1.54) is 14.2 Å². The average molecular weight is 339 g/mol. The lowest BCUT2D eigenvalue weighted by Crippen LogP contribution is -2.44. The van der Waals surface area contributed by atoms with E-state index < -0.39 is 23.3 Å². The van der Waals surface area contributed by atoms with Gasteiger partial charge in [0.2, 0.25) is 0 Å². The third kappa shape index (κ3) is 3.11. The number of ether oxygens (including phenoxy) is 2. The van der Waals surface area contributed by atoms with Gasteiger partial charge in [-0.15, -0.1) is 0 Å². The van der Waals surface area contributed by atoms with Crippen LogP contribution in [0.1, 0.15) is 36.0 Å². The van der Waals surface area contributed by atoms with Crippen molar-refractivity contribution in [1.29, 1.82) is 0 Å². The topological polar surface area (TPSA) is 69.7 Å². The minimum Gasteiger partial charge on any atom is -0.468 e. The zero-order valence-corrected chi connectivity index (χ0v) is 13.9. The molecule has 1 atom stereocenters. The van der Waals surface area contributed by atoms with Crippen molar-refractivity contribution < 1.29 is 23.9 Å². The number of ketones is 1. The monoisotopic (exact) mass is 338 g/mol. The Balaban J connectivity index is 2.30. The van der Waals surface area contributed by atoms with Crippen molar-refractivity contribution in [3.8, 4) is 0 Å². The second kappa shape index (κ2) is 7.13. The van der Waals surface area contributed by atoms with Crippen LogP contribution in [-0.4, -0.2) is 31.9 Å². The standard InChI is InChI=1S/C17H19ClO5/c1-22-15(20)17(16(21)23-2)9-5-6-11(17)10-14(19)12-7-3-4-8-13(12)18/h3-4,7-8,11H,5-6,9-10H2,1-2H3/t11-/m0/s1. The molecule has 2 rings (SSSR count). The van der Waals surface area contributed by atoms with Crippen molar-refractivity contribution in [2.75, 3.05) is 14.2 Å². The first-order valence-corrected chi connectivity index (χ1v) is 7.79. The van der Waals surface area contributed by atoms with Crippen molar-refractivity contribution in [3.05, 3.63) is 34.9 Å². The van der Waals surface area contributed by atoms with Crippen LogP contribution < -0.4 is 0 Å². The Morgan fingerprint density at radius 3 is 2.35 bits per heavy atom. The molecule has 0 saturated heterocycles. The van der Waals surface area contributed by atoms with E-state index in [2.05, 4.69) is 0 Å². The molecule has 1 aromatic rings. The molecule has 0 unspecified atom stereocenters. The number of hydrogen-bond donors (Lipinski definition) is 0. The first-order valence-electron chi connectivity index (χ1n) is 7.42. The molecule has 0 radical (unpaired) electrons. The van der Waals surface area contributed by atoms with Gasteiger partial charge in [-0.2, -0.15) is 0 Å². The van der Waals surface area contributed by atoms with Gasteiger partial charge in [-0.05, 0) is 30.9 Å². The van der Waals surface area contributed by atoms with Gasteiger partial charge in [-0.25, -0.2) is 0 Å². The largest absolute Gasteiger partial charge is 0.468 e. The molecule has 1 saturated carbocycles. The number of carbonyl (C=O) groups is 3. The van der Waals surface area contributed by atoms with E-state index in [-0.39, 0.29) is 12.2 Å². The fraction of sp³-hybridized carbons (Fsp3) is 0.471. The first-order chi connectivity index (χ1) is 11.0. The molecular weight excluding hydrogens is 320 g/mol. The Morgan fingerprint density at radius 1 is 1.17 bits per heavy atom. The Labute approximate surface area is 139 Å². The maximum Gasteiger partial charge on any atom is 0.323 e. The van der Waals surface area contributed by atoms with Gasteiger partial charge in [0.15, 0.2) is 11.2 Å². The van der Waals surface area contributed by atoms with Gasteiger partial charge in [-0.1, -0.05) is 30.2 Å². The van der Waals surface area contributed by atoms with E-state index in [1.54, 1.807) is 24.3 Å². The molecule has 0 aliphatic heterocycles. The van der Waals surface area contributed by atoms with Crippen LogP contribution in [-0.2, 0) is 19.1 Å². The predicted molar refractivity (Wildman–Crippen MR) is 84.2 cm³/mol. The van der Waals surface area contributed by atoms with Crippen molar-refractivity contribution in [3.63, 3.8) is 0 Å². The fourth-order valence-corrected chi connectivity index (χ4v) is 3.60. The van der Waals surface area contributed by atoms with Gasteiger partial charge in [0.25, 0.3) is 0 Å². The van der Waals surface area contributed by atoms with Gasteiger partial charge in [0.05, 0.1) is 19.2 Å². The lowest BCUT2D eigenvalue weighted by Gasteiger charge is -2.29. The summed E-state index contributed by atoms with van der Waals surface area (Å²) in [6, 6.07) is 6.73. The molecule has 0 aromatic heterocycles. The summed E-state index contributed by atoms with van der Waals surface area (Å²) in [5.41, 5.74) is -1.01. The van der Waals surface area contributed by atoms with Gasteiger partial charge in [-0.3, -0.25) is 14.4 Å². The lowest BCUT2D eigenvalue weighted by molar-refractivity contribution is -0.172. The number of hydrogen-bond acceptors (Lipinski definition) is 5. The van der Waals surface area contributed by atoms with Crippen molar-refractivity contribution in [1.82, 2.24) is 0 Å². The summed E-state index contributed by atoms with van der Waals surface area (Å²) in [6.45, 7) is 0. The molecule has 0 amide bonds. The molecule has 124 valence electrons. The Bertz CT molecular complexity index is 609. The third-order valence-corrected chi connectivity index (χ3v) is 4.86. The highest BCUT2D eigenvalue weighted by atomic mass is 35.5. The molecule has 1 aromatic carbocycles. The van der Waals surface area contributed by atoms with Gasteiger partial charge >= 0.3 is 11.9 Å². The molecule has 5 nitrogen and oxygen atoms in total. The second-order valence-electron chi connectivity index (χ2n) is 5.65. The van der Waals surface area contributed by atoms with Crippen LogP contribution in [0.15, 0.2) is 24.3 Å². The predicted octanol–water partition coefficient (Wildman–Crippen LogP) is 3.05. The van der Waals surface area contributed by atoms with E-state index in [0.717, 1.165) is 0 Å². The summed E-state index contributed by atoms with van der Waals surface area (Å²) >= 11 is 6.05. The minimum absolute atomic E-state index is 0.0495. The highest BCUT2D eigenvalue weighted by Gasteiger charge is 2.57. The molecular formula is C17H19ClO5. The number of halogens is 1.